The average Bonchev–Trinajstić information content (AvgIpc) is 2.70. The van der Waals surface area contributed by atoms with E-state index in [9.17, 15) is 0 Å². The molecule has 0 spiro atoms. The lowest BCUT2D eigenvalue weighted by molar-refractivity contribution is 0.295. The largest absolute Gasteiger partial charge is 0.487 e. The van der Waals surface area contributed by atoms with Gasteiger partial charge in [-0.1, -0.05) is 23.7 Å². The molecule has 2 rings (SSSR count). The van der Waals surface area contributed by atoms with Crippen molar-refractivity contribution < 1.29 is 4.74 Å². The van der Waals surface area contributed by atoms with Crippen molar-refractivity contribution >= 4 is 11.6 Å². The third kappa shape index (κ3) is 3.14. The highest BCUT2D eigenvalue weighted by Gasteiger charge is 2.11. The first kappa shape index (κ1) is 14.9. The van der Waals surface area contributed by atoms with Crippen LogP contribution in [-0.2, 0) is 13.7 Å². The molecule has 0 fully saturated rings. The fraction of sp³-hybridized carbons (Fsp3) is 0.400. The first-order chi connectivity index (χ1) is 9.52. The van der Waals surface area contributed by atoms with E-state index < -0.39 is 0 Å². The van der Waals surface area contributed by atoms with Gasteiger partial charge in [0, 0.05) is 13.1 Å². The zero-order valence-corrected chi connectivity index (χ0v) is 13.0. The Bertz CT molecular complexity index is 578. The topological polar surface area (TPSA) is 39.1 Å². The molecule has 108 valence electrons. The number of nitrogens with one attached hydrogen (secondary N) is 1. The van der Waals surface area contributed by atoms with E-state index in [0.717, 1.165) is 17.1 Å². The van der Waals surface area contributed by atoms with Crippen LogP contribution in [0.2, 0.25) is 5.02 Å². The average molecular weight is 294 g/mol. The molecule has 1 N–H and O–H groups in total. The van der Waals surface area contributed by atoms with Crippen molar-refractivity contribution in [1.29, 1.82) is 0 Å². The minimum Gasteiger partial charge on any atom is -0.487 e. The van der Waals surface area contributed by atoms with Crippen LogP contribution in [0.3, 0.4) is 0 Å². The summed E-state index contributed by atoms with van der Waals surface area (Å²) in [5, 5.41) is 8.15. The van der Waals surface area contributed by atoms with E-state index in [2.05, 4.69) is 29.5 Å². The highest BCUT2D eigenvalue weighted by molar-refractivity contribution is 6.31. The number of nitrogens with zero attached hydrogens (tertiary/aromatic N) is 2. The molecule has 4 nitrogen and oxygen atoms in total. The van der Waals surface area contributed by atoms with Crippen molar-refractivity contribution in [2.75, 3.05) is 7.05 Å². The quantitative estimate of drug-likeness (QED) is 0.920. The van der Waals surface area contributed by atoms with Crippen LogP contribution < -0.4 is 10.1 Å². The smallest absolute Gasteiger partial charge is 0.131 e. The van der Waals surface area contributed by atoms with Gasteiger partial charge in [-0.3, -0.25) is 4.68 Å². The van der Waals surface area contributed by atoms with Crippen LogP contribution >= 0.6 is 11.6 Å². The summed E-state index contributed by atoms with van der Waals surface area (Å²) in [6.07, 6.45) is 0. The van der Waals surface area contributed by atoms with Gasteiger partial charge in [0.05, 0.1) is 16.4 Å². The predicted molar refractivity (Wildman–Crippen MR) is 81.2 cm³/mol. The summed E-state index contributed by atoms with van der Waals surface area (Å²) < 4.78 is 7.53. The molecule has 5 heteroatoms. The van der Waals surface area contributed by atoms with Gasteiger partial charge in [-0.15, -0.1) is 0 Å². The van der Waals surface area contributed by atoms with Gasteiger partial charge in [0.2, 0.25) is 0 Å². The van der Waals surface area contributed by atoms with Crippen molar-refractivity contribution in [3.63, 3.8) is 0 Å². The summed E-state index contributed by atoms with van der Waals surface area (Å²) in [6.45, 7) is 4.42. The molecule has 1 unspecified atom stereocenters. The van der Waals surface area contributed by atoms with E-state index in [1.807, 2.05) is 33.2 Å². The lowest BCUT2D eigenvalue weighted by atomic mass is 10.1. The van der Waals surface area contributed by atoms with Gasteiger partial charge < -0.3 is 10.1 Å². The van der Waals surface area contributed by atoms with Crippen LogP contribution in [0.25, 0.3) is 0 Å². The number of benzene rings is 1. The van der Waals surface area contributed by atoms with E-state index in [1.165, 1.54) is 5.56 Å². The molecule has 20 heavy (non-hydrogen) atoms. The number of hydrogen-bond acceptors (Lipinski definition) is 3. The Morgan fingerprint density at radius 3 is 2.50 bits per heavy atom. The van der Waals surface area contributed by atoms with Crippen molar-refractivity contribution in [2.24, 2.45) is 7.05 Å². The van der Waals surface area contributed by atoms with Crippen LogP contribution in [0, 0.1) is 6.92 Å². The minimum absolute atomic E-state index is 0.332. The van der Waals surface area contributed by atoms with Crippen LogP contribution in [0.4, 0.5) is 0 Å². The number of aryl methyl sites for hydroxylation is 2. The Kier molecular flexibility index (Phi) is 4.68. The first-order valence-electron chi connectivity index (χ1n) is 6.61. The van der Waals surface area contributed by atoms with Crippen LogP contribution in [-0.4, -0.2) is 16.8 Å². The standard InChI is InChI=1S/C15H20ClN3O/c1-10(17-3)12-5-7-13(8-6-12)20-9-14-15(16)11(2)18-19(14)4/h5-8,10,17H,9H2,1-4H3. The highest BCUT2D eigenvalue weighted by Crippen LogP contribution is 2.22. The van der Waals surface area contributed by atoms with E-state index >= 15 is 0 Å². The molecule has 0 saturated carbocycles. The molecule has 1 atom stereocenters. The van der Waals surface area contributed by atoms with Crippen LogP contribution in [0.1, 0.15) is 29.9 Å². The Morgan fingerprint density at radius 2 is 2.00 bits per heavy atom. The fourth-order valence-corrected chi connectivity index (χ4v) is 2.22. The lowest BCUT2D eigenvalue weighted by Gasteiger charge is -2.12. The highest BCUT2D eigenvalue weighted by atomic mass is 35.5. The van der Waals surface area contributed by atoms with E-state index in [0.29, 0.717) is 17.7 Å². The normalized spacial score (nSPS) is 12.4. The van der Waals surface area contributed by atoms with Crippen molar-refractivity contribution in [3.8, 4) is 5.75 Å². The second-order valence-electron chi connectivity index (χ2n) is 4.84. The number of halogens is 1. The SMILES string of the molecule is CNC(C)c1ccc(OCc2c(Cl)c(C)nn2C)cc1. The second kappa shape index (κ2) is 6.29. The van der Waals surface area contributed by atoms with Crippen molar-refractivity contribution in [1.82, 2.24) is 15.1 Å². The van der Waals surface area contributed by atoms with Gasteiger partial charge in [-0.05, 0) is 38.6 Å². The Morgan fingerprint density at radius 1 is 1.35 bits per heavy atom. The summed E-state index contributed by atoms with van der Waals surface area (Å²) in [7, 11) is 3.82. The monoisotopic (exact) mass is 293 g/mol. The molecule has 2 aromatic rings. The predicted octanol–water partition coefficient (Wildman–Crippen LogP) is 3.24. The molecule has 1 aromatic carbocycles. The molecular formula is C15H20ClN3O. The second-order valence-corrected chi connectivity index (χ2v) is 5.22. The molecule has 0 aliphatic rings. The first-order valence-corrected chi connectivity index (χ1v) is 6.98. The zero-order chi connectivity index (χ0) is 14.7. The minimum atomic E-state index is 0.332. The summed E-state index contributed by atoms with van der Waals surface area (Å²) in [5.41, 5.74) is 2.94. The lowest BCUT2D eigenvalue weighted by Crippen LogP contribution is -2.12. The maximum absolute atomic E-state index is 6.19. The number of aromatic nitrogens is 2. The molecule has 0 radical (unpaired) electrons. The van der Waals surface area contributed by atoms with E-state index in [4.69, 9.17) is 16.3 Å². The fourth-order valence-electron chi connectivity index (χ4n) is 2.01. The Balaban J connectivity index is 2.04. The molecule has 0 bridgehead atoms. The van der Waals surface area contributed by atoms with Crippen LogP contribution in [0.15, 0.2) is 24.3 Å². The molecule has 0 amide bonds. The van der Waals surface area contributed by atoms with Crippen LogP contribution in [0.5, 0.6) is 5.75 Å². The Hall–Kier alpha value is -1.52. The number of hydrogen-bond donors (Lipinski definition) is 1. The van der Waals surface area contributed by atoms with Gasteiger partial charge >= 0.3 is 0 Å². The van der Waals surface area contributed by atoms with Gasteiger partial charge in [0.15, 0.2) is 0 Å². The number of ether oxygens (including phenoxy) is 1. The molecule has 1 aromatic heterocycles. The summed E-state index contributed by atoms with van der Waals surface area (Å²) in [6, 6.07) is 8.40. The van der Waals surface area contributed by atoms with E-state index in [-0.39, 0.29) is 0 Å². The summed E-state index contributed by atoms with van der Waals surface area (Å²) in [5.74, 6) is 0.826. The van der Waals surface area contributed by atoms with Gasteiger partial charge in [0.25, 0.3) is 0 Å². The molecule has 1 heterocycles. The maximum atomic E-state index is 6.19. The third-order valence-corrected chi connectivity index (χ3v) is 3.94. The molecule has 0 aliphatic heterocycles. The molecular weight excluding hydrogens is 274 g/mol. The number of rotatable bonds is 5. The molecule has 0 aliphatic carbocycles. The maximum Gasteiger partial charge on any atom is 0.131 e. The summed E-state index contributed by atoms with van der Waals surface area (Å²) in [4.78, 5) is 0. The van der Waals surface area contributed by atoms with Gasteiger partial charge in [-0.25, -0.2) is 0 Å². The zero-order valence-electron chi connectivity index (χ0n) is 12.3. The van der Waals surface area contributed by atoms with Crippen molar-refractivity contribution in [3.05, 3.63) is 46.2 Å². The third-order valence-electron chi connectivity index (χ3n) is 3.45. The Labute approximate surface area is 124 Å². The van der Waals surface area contributed by atoms with Gasteiger partial charge in [-0.2, -0.15) is 5.10 Å². The van der Waals surface area contributed by atoms with E-state index in [1.54, 1.807) is 4.68 Å². The van der Waals surface area contributed by atoms with Crippen molar-refractivity contribution in [2.45, 2.75) is 26.5 Å². The van der Waals surface area contributed by atoms with Gasteiger partial charge in [0.1, 0.15) is 12.4 Å². The summed E-state index contributed by atoms with van der Waals surface area (Å²) >= 11 is 6.19. The molecule has 0 saturated heterocycles.